The van der Waals surface area contributed by atoms with E-state index in [4.69, 9.17) is 8.19 Å². The minimum atomic E-state index is -5.02. The third kappa shape index (κ3) is 7.30. The Hall–Kier alpha value is -2.54. The Bertz CT molecular complexity index is 805. The fourth-order valence-electron chi connectivity index (χ4n) is 2.18. The van der Waals surface area contributed by atoms with Crippen LogP contribution in [0.2, 0.25) is 0 Å². The first-order chi connectivity index (χ1) is 12.7. The molecule has 0 aliphatic rings. The van der Waals surface area contributed by atoms with Crippen LogP contribution in [-0.2, 0) is 24.7 Å². The van der Waals surface area contributed by atoms with Gasteiger partial charge in [-0.1, -0.05) is 30.3 Å². The largest absolute Gasteiger partial charge is 0.463 e. The van der Waals surface area contributed by atoms with Crippen LogP contribution in [0.15, 0.2) is 48.5 Å². The van der Waals surface area contributed by atoms with E-state index in [2.05, 4.69) is 4.74 Å². The molecular formula is C18H22AsNO7. The number of anilines is 1. The van der Waals surface area contributed by atoms with Gasteiger partial charge in [-0.3, -0.25) is 4.79 Å². The number of ether oxygens (including phenoxy) is 1. The quantitative estimate of drug-likeness (QED) is 0.447. The van der Waals surface area contributed by atoms with Crippen molar-refractivity contribution >= 4 is 36.6 Å². The van der Waals surface area contributed by atoms with Crippen LogP contribution < -0.4 is 9.25 Å². The van der Waals surface area contributed by atoms with E-state index >= 15 is 0 Å². The van der Waals surface area contributed by atoms with Crippen molar-refractivity contribution in [3.05, 3.63) is 54.1 Å². The summed E-state index contributed by atoms with van der Waals surface area (Å²) in [6, 6.07) is 13.0. The summed E-state index contributed by atoms with van der Waals surface area (Å²) in [6.07, 6.45) is 0. The maximum atomic E-state index is 11.3. The molecule has 0 saturated carbocycles. The average molecular weight is 439 g/mol. The molecule has 3 N–H and O–H groups in total. The molecule has 0 radical (unpaired) electrons. The average Bonchev–Trinajstić information content (AvgIpc) is 2.62. The summed E-state index contributed by atoms with van der Waals surface area (Å²) in [5, 5.41) is 9.61. The monoisotopic (exact) mass is 439 g/mol. The van der Waals surface area contributed by atoms with Crippen molar-refractivity contribution in [1.82, 2.24) is 0 Å². The van der Waals surface area contributed by atoms with Gasteiger partial charge in [-0.25, -0.2) is 0 Å². The van der Waals surface area contributed by atoms with E-state index in [1.54, 1.807) is 6.92 Å². The van der Waals surface area contributed by atoms with Crippen molar-refractivity contribution in [2.45, 2.75) is 20.5 Å². The van der Waals surface area contributed by atoms with Crippen LogP contribution in [0.5, 0.6) is 5.75 Å². The van der Waals surface area contributed by atoms with Crippen LogP contribution in [0.3, 0.4) is 0 Å². The van der Waals surface area contributed by atoms with Crippen molar-refractivity contribution < 1.29 is 31.4 Å². The van der Waals surface area contributed by atoms with E-state index in [0.29, 0.717) is 19.6 Å². The SMILES string of the molecule is CCN(C(C)=O)c1cc([As](=O)(O)O)ccc1O.O=COCc1ccccc1. The number of phenolic OH excluding ortho intramolecular Hbond substituents is 1. The van der Waals surface area contributed by atoms with Gasteiger partial charge in [0.05, 0.1) is 0 Å². The number of amides is 1. The number of benzene rings is 2. The predicted molar refractivity (Wildman–Crippen MR) is 99.6 cm³/mol. The first-order valence-electron chi connectivity index (χ1n) is 7.97. The molecule has 8 nitrogen and oxygen atoms in total. The van der Waals surface area contributed by atoms with Gasteiger partial charge < -0.3 is 4.74 Å². The molecule has 0 spiro atoms. The molecule has 0 bridgehead atoms. The number of nitrogens with zero attached hydrogens (tertiary/aromatic N) is 1. The Balaban J connectivity index is 0.000000309. The zero-order chi connectivity index (χ0) is 20.4. The standard InChI is InChI=1S/C10H14AsNO5.C8H8O2/c1-3-12(7(2)13)9-6-8(11(15,16)17)4-5-10(9)14;9-7-10-6-8-4-2-1-3-5-8/h4-6,14H,3H2,1-2H3,(H2,15,16,17);1-5,7H,6H2. The molecule has 146 valence electrons. The number of carbonyl (C=O) groups excluding carboxylic acids is 2. The molecule has 9 heteroatoms. The third-order valence-corrected chi connectivity index (χ3v) is 5.44. The zero-order valence-electron chi connectivity index (χ0n) is 15.0. The van der Waals surface area contributed by atoms with E-state index in [9.17, 15) is 18.4 Å². The van der Waals surface area contributed by atoms with E-state index in [1.807, 2.05) is 30.3 Å². The summed E-state index contributed by atoms with van der Waals surface area (Å²) in [5.74, 6) is -0.493. The smallest absolute Gasteiger partial charge is 0.293 e. The van der Waals surface area contributed by atoms with Gasteiger partial charge in [0.15, 0.2) is 0 Å². The summed E-state index contributed by atoms with van der Waals surface area (Å²) >= 11 is -5.02. The fourth-order valence-corrected chi connectivity index (χ4v) is 3.35. The van der Waals surface area contributed by atoms with Crippen molar-refractivity contribution in [1.29, 1.82) is 0 Å². The molecule has 0 aliphatic carbocycles. The summed E-state index contributed by atoms with van der Waals surface area (Å²) in [6.45, 7) is 4.14. The van der Waals surface area contributed by atoms with Gasteiger partial charge in [-0.15, -0.1) is 0 Å². The second-order valence-electron chi connectivity index (χ2n) is 5.37. The van der Waals surface area contributed by atoms with Crippen molar-refractivity contribution in [3.8, 4) is 5.75 Å². The third-order valence-electron chi connectivity index (χ3n) is 3.44. The van der Waals surface area contributed by atoms with Gasteiger partial charge in [-0.05, 0) is 5.56 Å². The van der Waals surface area contributed by atoms with Crippen molar-refractivity contribution in [3.63, 3.8) is 0 Å². The second kappa shape index (κ2) is 10.6. The van der Waals surface area contributed by atoms with E-state index in [1.165, 1.54) is 17.9 Å². The topological polar surface area (TPSA) is 124 Å². The molecule has 0 aromatic heterocycles. The van der Waals surface area contributed by atoms with Crippen molar-refractivity contribution in [2.75, 3.05) is 11.4 Å². The van der Waals surface area contributed by atoms with Crippen LogP contribution in [0, 0.1) is 0 Å². The normalized spacial score (nSPS) is 10.4. The van der Waals surface area contributed by atoms with Gasteiger partial charge in [0, 0.05) is 0 Å². The maximum Gasteiger partial charge on any atom is 0.293 e. The molecule has 0 saturated heterocycles. The maximum absolute atomic E-state index is 11.3. The Morgan fingerprint density at radius 3 is 2.30 bits per heavy atom. The van der Waals surface area contributed by atoms with E-state index in [0.717, 1.165) is 17.7 Å². The first kappa shape index (κ1) is 22.5. The number of rotatable bonds is 6. The Morgan fingerprint density at radius 2 is 1.81 bits per heavy atom. The summed E-state index contributed by atoms with van der Waals surface area (Å²) in [7, 11) is 0. The number of carbonyl (C=O) groups is 2. The molecule has 2 aromatic rings. The van der Waals surface area contributed by atoms with Crippen molar-refractivity contribution in [2.24, 2.45) is 0 Å². The van der Waals surface area contributed by atoms with E-state index in [-0.39, 0.29) is 21.7 Å². The van der Waals surface area contributed by atoms with Crippen LogP contribution in [0.25, 0.3) is 0 Å². The zero-order valence-corrected chi connectivity index (χ0v) is 16.9. The molecular weight excluding hydrogens is 417 g/mol. The fraction of sp³-hybridized carbons (Fsp3) is 0.222. The van der Waals surface area contributed by atoms with E-state index < -0.39 is 14.2 Å². The van der Waals surface area contributed by atoms with Gasteiger partial charge in [-0.2, -0.15) is 0 Å². The number of aromatic hydroxyl groups is 1. The number of phenols is 1. The molecule has 1 amide bonds. The summed E-state index contributed by atoms with van der Waals surface area (Å²) in [5.41, 5.74) is 1.12. The molecule has 27 heavy (non-hydrogen) atoms. The number of hydrogen-bond donors (Lipinski definition) is 3. The Labute approximate surface area is 160 Å². The van der Waals surface area contributed by atoms with Gasteiger partial charge in [0.2, 0.25) is 0 Å². The first-order valence-corrected chi connectivity index (χ1v) is 11.3. The molecule has 0 unspecified atom stereocenters. The second-order valence-corrected chi connectivity index (χ2v) is 8.74. The molecule has 0 heterocycles. The molecule has 0 atom stereocenters. The van der Waals surface area contributed by atoms with Crippen LogP contribution in [-0.4, -0.2) is 46.4 Å². The summed E-state index contributed by atoms with van der Waals surface area (Å²) in [4.78, 5) is 22.3. The van der Waals surface area contributed by atoms with Crippen LogP contribution in [0.4, 0.5) is 5.69 Å². The van der Waals surface area contributed by atoms with Crippen LogP contribution in [0.1, 0.15) is 19.4 Å². The molecule has 2 aromatic carbocycles. The Kier molecular flexibility index (Phi) is 8.81. The minimum Gasteiger partial charge on any atom is -0.463 e. The van der Waals surface area contributed by atoms with Crippen LogP contribution >= 0.6 is 0 Å². The Morgan fingerprint density at radius 1 is 1.19 bits per heavy atom. The molecule has 2 rings (SSSR count). The van der Waals surface area contributed by atoms with Gasteiger partial charge >= 0.3 is 101 Å². The van der Waals surface area contributed by atoms with Gasteiger partial charge in [0.25, 0.3) is 6.47 Å². The van der Waals surface area contributed by atoms with Gasteiger partial charge in [0.1, 0.15) is 6.61 Å². The minimum absolute atomic E-state index is 0.113. The molecule has 0 aliphatic heterocycles. The summed E-state index contributed by atoms with van der Waals surface area (Å²) < 4.78 is 33.7. The molecule has 0 fully saturated rings. The number of hydrogen-bond acceptors (Lipinski definition) is 5. The predicted octanol–water partition coefficient (Wildman–Crippen LogP) is 0.686.